The van der Waals surface area contributed by atoms with Crippen LogP contribution in [0, 0.1) is 11.1 Å². The monoisotopic (exact) mass is 638 g/mol. The van der Waals surface area contributed by atoms with Crippen LogP contribution in [0.3, 0.4) is 0 Å². The highest BCUT2D eigenvalue weighted by atomic mass is 35.5. The fourth-order valence-electron chi connectivity index (χ4n) is 4.48. The Labute approximate surface area is 255 Å². The summed E-state index contributed by atoms with van der Waals surface area (Å²) in [6.07, 6.45) is 3.12. The van der Waals surface area contributed by atoms with E-state index in [2.05, 4.69) is 4.74 Å². The van der Waals surface area contributed by atoms with Crippen LogP contribution in [-0.2, 0) is 16.0 Å². The van der Waals surface area contributed by atoms with Crippen LogP contribution in [-0.4, -0.2) is 47.7 Å². The summed E-state index contributed by atoms with van der Waals surface area (Å²) in [4.78, 5) is 28.2. The van der Waals surface area contributed by atoms with Gasteiger partial charge in [0.15, 0.2) is 29.3 Å². The Hall–Kier alpha value is -3.28. The van der Waals surface area contributed by atoms with Crippen molar-refractivity contribution in [3.05, 3.63) is 92.9 Å². The van der Waals surface area contributed by atoms with E-state index in [0.29, 0.717) is 46.2 Å². The molecule has 1 saturated heterocycles. The summed E-state index contributed by atoms with van der Waals surface area (Å²) in [6, 6.07) is 12.9. The van der Waals surface area contributed by atoms with Gasteiger partial charge < -0.3 is 24.3 Å². The van der Waals surface area contributed by atoms with E-state index in [1.165, 1.54) is 34.9 Å². The molecule has 222 valence electrons. The molecule has 2 fully saturated rings. The van der Waals surface area contributed by atoms with Gasteiger partial charge in [-0.05, 0) is 48.6 Å². The number of thioether (sulfide) groups is 1. The molecule has 42 heavy (non-hydrogen) atoms. The predicted octanol–water partition coefficient (Wildman–Crippen LogP) is 6.06. The number of amides is 1. The lowest BCUT2D eigenvalue weighted by atomic mass is 10.0. The van der Waals surface area contributed by atoms with Crippen molar-refractivity contribution < 1.29 is 37.3 Å². The van der Waals surface area contributed by atoms with Crippen LogP contribution in [0.2, 0.25) is 10.0 Å². The summed E-state index contributed by atoms with van der Waals surface area (Å²) in [5.41, 5.74) is 1.17. The highest BCUT2D eigenvalue weighted by Gasteiger charge is 2.38. The molecule has 0 spiro atoms. The molecule has 2 aromatic carbocycles. The van der Waals surface area contributed by atoms with Crippen molar-refractivity contribution in [3.8, 4) is 11.5 Å². The zero-order valence-corrected chi connectivity index (χ0v) is 24.4. The molecule has 8 nitrogen and oxygen atoms in total. The lowest BCUT2D eigenvalue weighted by Gasteiger charge is -2.26. The van der Waals surface area contributed by atoms with E-state index < -0.39 is 24.1 Å². The first-order valence-electron chi connectivity index (χ1n) is 13.2. The summed E-state index contributed by atoms with van der Waals surface area (Å²) < 4.78 is 43.1. The lowest BCUT2D eigenvalue weighted by Crippen LogP contribution is -2.40. The van der Waals surface area contributed by atoms with Gasteiger partial charge in [-0.1, -0.05) is 47.5 Å². The van der Waals surface area contributed by atoms with Gasteiger partial charge in [0, 0.05) is 29.8 Å². The SMILES string of the molecule is O=C(O[C@@H](Cc1c(Cl)c[n+]([O-])cc1Cl)c1ccc(OC(F)F)c(OCC2CC2)c1)[C@@H]1SCCN1C(=O)c1ccccc1. The standard InChI is InChI=1S/C29H26Cl2F2N2O6S/c30-21-14-34(38)15-22(31)20(21)13-24(19-8-9-23(41-29(32)33)25(12-19)39-16-17-6-7-17)40-28(37)27-35(10-11-42-27)26(36)18-4-2-1-3-5-18/h1-5,8-9,12,14-15,17,24,27,29H,6-7,10-11,13,16H2/t24-,27-/m0/s1. The van der Waals surface area contributed by atoms with Crippen molar-refractivity contribution in [2.24, 2.45) is 5.92 Å². The van der Waals surface area contributed by atoms with Crippen LogP contribution in [0.1, 0.15) is 40.4 Å². The van der Waals surface area contributed by atoms with E-state index in [9.17, 15) is 23.6 Å². The highest BCUT2D eigenvalue weighted by Crippen LogP contribution is 2.38. The Bertz CT molecular complexity index is 1420. The van der Waals surface area contributed by atoms with Gasteiger partial charge in [-0.15, -0.1) is 11.8 Å². The van der Waals surface area contributed by atoms with E-state index in [0.717, 1.165) is 25.2 Å². The van der Waals surface area contributed by atoms with Crippen LogP contribution in [0.5, 0.6) is 11.5 Å². The van der Waals surface area contributed by atoms with Gasteiger partial charge in [0.05, 0.1) is 6.61 Å². The molecule has 2 heterocycles. The Kier molecular flexibility index (Phi) is 9.60. The molecule has 5 rings (SSSR count). The number of nitrogens with zero attached hydrogens (tertiary/aromatic N) is 2. The van der Waals surface area contributed by atoms with Crippen LogP contribution in [0.4, 0.5) is 8.78 Å². The summed E-state index contributed by atoms with van der Waals surface area (Å²) in [5.74, 6) is -0.218. The average molecular weight is 640 g/mol. The third-order valence-corrected chi connectivity index (χ3v) is 8.64. The predicted molar refractivity (Wildman–Crippen MR) is 153 cm³/mol. The van der Waals surface area contributed by atoms with Gasteiger partial charge >= 0.3 is 12.6 Å². The molecule has 0 radical (unpaired) electrons. The molecule has 0 N–H and O–H groups in total. The van der Waals surface area contributed by atoms with Gasteiger partial charge in [-0.2, -0.15) is 13.5 Å². The smallest absolute Gasteiger partial charge is 0.387 e. The molecular weight excluding hydrogens is 613 g/mol. The van der Waals surface area contributed by atoms with Gasteiger partial charge in [0.2, 0.25) is 0 Å². The molecular formula is C29H26Cl2F2N2O6S. The normalized spacial score (nSPS) is 17.3. The number of halogens is 4. The average Bonchev–Trinajstić information content (AvgIpc) is 3.66. The Morgan fingerprint density at radius 2 is 1.79 bits per heavy atom. The number of hydrogen-bond donors (Lipinski definition) is 0. The minimum Gasteiger partial charge on any atom is -0.619 e. The van der Waals surface area contributed by atoms with E-state index in [-0.39, 0.29) is 33.9 Å². The number of rotatable bonds is 11. The minimum atomic E-state index is -3.07. The van der Waals surface area contributed by atoms with Crippen molar-refractivity contribution in [1.29, 1.82) is 0 Å². The van der Waals surface area contributed by atoms with Crippen LogP contribution in [0.15, 0.2) is 60.9 Å². The lowest BCUT2D eigenvalue weighted by molar-refractivity contribution is -0.605. The maximum absolute atomic E-state index is 13.6. The topological polar surface area (TPSA) is 92.0 Å². The first-order chi connectivity index (χ1) is 20.2. The minimum absolute atomic E-state index is 0.0502. The molecule has 1 saturated carbocycles. The Balaban J connectivity index is 1.45. The summed E-state index contributed by atoms with van der Waals surface area (Å²) in [5, 5.41) is 11.0. The zero-order chi connectivity index (χ0) is 29.8. The fraction of sp³-hybridized carbons (Fsp3) is 0.345. The maximum atomic E-state index is 13.6. The van der Waals surface area contributed by atoms with E-state index in [1.807, 2.05) is 0 Å². The summed E-state index contributed by atoms with van der Waals surface area (Å²) >= 11 is 13.9. The zero-order valence-electron chi connectivity index (χ0n) is 22.1. The quantitative estimate of drug-likeness (QED) is 0.143. The third-order valence-electron chi connectivity index (χ3n) is 6.81. The number of aromatic nitrogens is 1. The fourth-order valence-corrected chi connectivity index (χ4v) is 6.18. The number of pyridine rings is 1. The van der Waals surface area contributed by atoms with Gasteiger partial charge in [-0.3, -0.25) is 4.79 Å². The first kappa shape index (κ1) is 30.2. The first-order valence-corrected chi connectivity index (χ1v) is 15.0. The number of hydrogen-bond acceptors (Lipinski definition) is 7. The maximum Gasteiger partial charge on any atom is 0.387 e. The Morgan fingerprint density at radius 1 is 1.07 bits per heavy atom. The van der Waals surface area contributed by atoms with Gasteiger partial charge in [0.25, 0.3) is 5.91 Å². The van der Waals surface area contributed by atoms with E-state index in [4.69, 9.17) is 32.7 Å². The molecule has 1 amide bonds. The number of ether oxygens (including phenoxy) is 3. The van der Waals surface area contributed by atoms with Crippen LogP contribution < -0.4 is 14.2 Å². The largest absolute Gasteiger partial charge is 0.619 e. The highest BCUT2D eigenvalue weighted by molar-refractivity contribution is 8.00. The number of benzene rings is 2. The van der Waals surface area contributed by atoms with Crippen LogP contribution in [0.25, 0.3) is 0 Å². The number of esters is 1. The van der Waals surface area contributed by atoms with Crippen molar-refractivity contribution in [1.82, 2.24) is 4.90 Å². The molecule has 1 aromatic heterocycles. The number of carbonyl (C=O) groups is 2. The molecule has 3 aromatic rings. The van der Waals surface area contributed by atoms with Crippen molar-refractivity contribution in [2.75, 3.05) is 18.9 Å². The van der Waals surface area contributed by atoms with E-state index >= 15 is 0 Å². The molecule has 0 bridgehead atoms. The molecule has 13 heteroatoms. The molecule has 2 aliphatic rings. The molecule has 0 unspecified atom stereocenters. The second kappa shape index (κ2) is 13.4. The molecule has 1 aliphatic heterocycles. The molecule has 1 aliphatic carbocycles. The number of alkyl halides is 2. The second-order valence-corrected chi connectivity index (χ2v) is 11.9. The van der Waals surface area contributed by atoms with Gasteiger partial charge in [-0.25, -0.2) is 4.79 Å². The van der Waals surface area contributed by atoms with Crippen molar-refractivity contribution in [3.63, 3.8) is 0 Å². The molecule has 2 atom stereocenters. The van der Waals surface area contributed by atoms with Gasteiger partial charge in [0.1, 0.15) is 16.1 Å². The van der Waals surface area contributed by atoms with Crippen LogP contribution >= 0.6 is 35.0 Å². The van der Waals surface area contributed by atoms with Crippen molar-refractivity contribution in [2.45, 2.75) is 37.4 Å². The van der Waals surface area contributed by atoms with E-state index in [1.54, 1.807) is 30.3 Å². The second-order valence-electron chi connectivity index (χ2n) is 9.85. The van der Waals surface area contributed by atoms with Crippen molar-refractivity contribution >= 4 is 46.8 Å². The summed E-state index contributed by atoms with van der Waals surface area (Å²) in [6.45, 7) is -2.40. The summed E-state index contributed by atoms with van der Waals surface area (Å²) in [7, 11) is 0. The number of carbonyl (C=O) groups excluding carboxylic acids is 2. The Morgan fingerprint density at radius 3 is 2.45 bits per heavy atom. The third kappa shape index (κ3) is 7.37.